The van der Waals surface area contributed by atoms with E-state index in [4.69, 9.17) is 5.73 Å². The monoisotopic (exact) mass is 381 g/mol. The van der Waals surface area contributed by atoms with E-state index < -0.39 is 5.91 Å². The molecule has 0 unspecified atom stereocenters. The van der Waals surface area contributed by atoms with Gasteiger partial charge >= 0.3 is 0 Å². The SMILES string of the molecule is NC(=O)c1cccnc1N1CCN(Cc2ccc(-n3cncn3)c(F)c2)CC1. The quantitative estimate of drug-likeness (QED) is 0.714. The van der Waals surface area contributed by atoms with Gasteiger partial charge in [-0.25, -0.2) is 19.0 Å². The number of primary amides is 1. The Morgan fingerprint density at radius 3 is 2.68 bits per heavy atom. The number of anilines is 1. The zero-order chi connectivity index (χ0) is 19.5. The molecular formula is C19H20FN7O. The van der Waals surface area contributed by atoms with Gasteiger partial charge in [-0.05, 0) is 29.8 Å². The predicted octanol–water partition coefficient (Wildman–Crippen LogP) is 1.22. The lowest BCUT2D eigenvalue weighted by molar-refractivity contribution is 0.1000. The van der Waals surface area contributed by atoms with Crippen molar-refractivity contribution in [2.24, 2.45) is 5.73 Å². The average Bonchev–Trinajstić information content (AvgIpc) is 3.23. The van der Waals surface area contributed by atoms with Crippen molar-refractivity contribution in [3.8, 4) is 5.69 Å². The highest BCUT2D eigenvalue weighted by Crippen LogP contribution is 2.20. The highest BCUT2D eigenvalue weighted by molar-refractivity contribution is 5.97. The van der Waals surface area contributed by atoms with Crippen molar-refractivity contribution >= 4 is 11.7 Å². The van der Waals surface area contributed by atoms with Crippen molar-refractivity contribution < 1.29 is 9.18 Å². The van der Waals surface area contributed by atoms with E-state index in [0.717, 1.165) is 31.7 Å². The summed E-state index contributed by atoms with van der Waals surface area (Å²) < 4.78 is 15.8. The Bertz CT molecular complexity index is 968. The molecule has 1 aromatic carbocycles. The summed E-state index contributed by atoms with van der Waals surface area (Å²) in [4.78, 5) is 24.1. The van der Waals surface area contributed by atoms with Gasteiger partial charge in [0.1, 0.15) is 30.0 Å². The molecule has 0 aliphatic carbocycles. The number of nitrogens with two attached hydrogens (primary N) is 1. The molecule has 28 heavy (non-hydrogen) atoms. The largest absolute Gasteiger partial charge is 0.365 e. The third-order valence-electron chi connectivity index (χ3n) is 4.81. The second-order valence-electron chi connectivity index (χ2n) is 6.63. The van der Waals surface area contributed by atoms with Gasteiger partial charge in [0.25, 0.3) is 5.91 Å². The molecule has 0 saturated carbocycles. The van der Waals surface area contributed by atoms with Crippen molar-refractivity contribution in [1.29, 1.82) is 0 Å². The standard InChI is InChI=1S/C19H20FN7O/c20-16-10-14(3-4-17(16)27-13-22-12-24-27)11-25-6-8-26(9-7-25)19-15(18(21)28)2-1-5-23-19/h1-5,10,12-13H,6-9,11H2,(H2,21,28). The number of carbonyl (C=O) groups excluding carboxylic acids is 1. The smallest absolute Gasteiger partial charge is 0.252 e. The van der Waals surface area contributed by atoms with Crippen LogP contribution >= 0.6 is 0 Å². The summed E-state index contributed by atoms with van der Waals surface area (Å²) in [5.74, 6) is -0.187. The highest BCUT2D eigenvalue weighted by atomic mass is 19.1. The Labute approximate surface area is 161 Å². The lowest BCUT2D eigenvalue weighted by Gasteiger charge is -2.36. The Hall–Kier alpha value is -3.33. The molecule has 8 nitrogen and oxygen atoms in total. The number of rotatable bonds is 5. The van der Waals surface area contributed by atoms with Gasteiger partial charge in [-0.1, -0.05) is 6.07 Å². The second kappa shape index (κ2) is 7.73. The van der Waals surface area contributed by atoms with E-state index in [1.54, 1.807) is 24.4 Å². The molecule has 0 atom stereocenters. The summed E-state index contributed by atoms with van der Waals surface area (Å²) in [6, 6.07) is 8.54. The molecule has 1 saturated heterocycles. The van der Waals surface area contributed by atoms with Crippen LogP contribution in [-0.4, -0.2) is 56.7 Å². The van der Waals surface area contributed by atoms with Gasteiger partial charge in [0.2, 0.25) is 0 Å². The lowest BCUT2D eigenvalue weighted by atomic mass is 10.1. The van der Waals surface area contributed by atoms with E-state index in [9.17, 15) is 9.18 Å². The van der Waals surface area contributed by atoms with Crippen molar-refractivity contribution in [3.63, 3.8) is 0 Å². The van der Waals surface area contributed by atoms with Gasteiger partial charge in [-0.3, -0.25) is 9.69 Å². The summed E-state index contributed by atoms with van der Waals surface area (Å²) in [7, 11) is 0. The normalized spacial score (nSPS) is 15.0. The number of halogens is 1. The molecule has 1 amide bonds. The Balaban J connectivity index is 1.40. The van der Waals surface area contributed by atoms with Crippen molar-refractivity contribution in [2.45, 2.75) is 6.54 Å². The fourth-order valence-corrected chi connectivity index (χ4v) is 3.38. The number of benzene rings is 1. The van der Waals surface area contributed by atoms with Gasteiger partial charge < -0.3 is 10.6 Å². The maximum absolute atomic E-state index is 14.4. The van der Waals surface area contributed by atoms with Gasteiger partial charge in [0.05, 0.1) is 5.56 Å². The van der Waals surface area contributed by atoms with E-state index in [2.05, 4.69) is 24.9 Å². The van der Waals surface area contributed by atoms with E-state index in [-0.39, 0.29) is 5.82 Å². The summed E-state index contributed by atoms with van der Waals surface area (Å²) in [6.45, 7) is 3.64. The molecule has 1 aliphatic rings. The Morgan fingerprint density at radius 2 is 2.00 bits per heavy atom. The molecule has 144 valence electrons. The third kappa shape index (κ3) is 3.70. The molecule has 0 bridgehead atoms. The Morgan fingerprint density at radius 1 is 1.18 bits per heavy atom. The van der Waals surface area contributed by atoms with Crippen LogP contribution < -0.4 is 10.6 Å². The maximum Gasteiger partial charge on any atom is 0.252 e. The van der Waals surface area contributed by atoms with Crippen LogP contribution in [0.5, 0.6) is 0 Å². The predicted molar refractivity (Wildman–Crippen MR) is 102 cm³/mol. The molecule has 0 spiro atoms. The number of pyridine rings is 1. The van der Waals surface area contributed by atoms with Crippen LogP contribution in [0.3, 0.4) is 0 Å². The zero-order valence-corrected chi connectivity index (χ0v) is 15.2. The molecule has 1 fully saturated rings. The summed E-state index contributed by atoms with van der Waals surface area (Å²) in [5, 5.41) is 3.96. The molecule has 2 aromatic heterocycles. The van der Waals surface area contributed by atoms with Crippen molar-refractivity contribution in [3.05, 3.63) is 66.1 Å². The van der Waals surface area contributed by atoms with Gasteiger partial charge in [-0.2, -0.15) is 5.10 Å². The van der Waals surface area contributed by atoms with Crippen LogP contribution in [0.25, 0.3) is 5.69 Å². The minimum Gasteiger partial charge on any atom is -0.365 e. The van der Waals surface area contributed by atoms with Crippen molar-refractivity contribution in [1.82, 2.24) is 24.6 Å². The van der Waals surface area contributed by atoms with E-state index in [1.165, 1.54) is 23.4 Å². The van der Waals surface area contributed by atoms with E-state index >= 15 is 0 Å². The fraction of sp³-hybridized carbons (Fsp3) is 0.263. The molecule has 0 radical (unpaired) electrons. The number of aromatic nitrogens is 4. The summed E-state index contributed by atoms with van der Waals surface area (Å²) >= 11 is 0. The van der Waals surface area contributed by atoms with Crippen LogP contribution in [-0.2, 0) is 6.54 Å². The molecule has 2 N–H and O–H groups in total. The van der Waals surface area contributed by atoms with Crippen LogP contribution in [0.15, 0.2) is 49.2 Å². The minimum atomic E-state index is -0.478. The first-order valence-electron chi connectivity index (χ1n) is 8.97. The van der Waals surface area contributed by atoms with Crippen LogP contribution in [0.1, 0.15) is 15.9 Å². The summed E-state index contributed by atoms with van der Waals surface area (Å²) in [5.41, 5.74) is 7.15. The number of nitrogens with zero attached hydrogens (tertiary/aromatic N) is 6. The molecule has 3 heterocycles. The second-order valence-corrected chi connectivity index (χ2v) is 6.63. The summed E-state index contributed by atoms with van der Waals surface area (Å²) in [6.07, 6.45) is 4.50. The van der Waals surface area contributed by atoms with Gasteiger partial charge in [-0.15, -0.1) is 0 Å². The maximum atomic E-state index is 14.4. The van der Waals surface area contributed by atoms with Crippen LogP contribution in [0.4, 0.5) is 10.2 Å². The van der Waals surface area contributed by atoms with Gasteiger partial charge in [0.15, 0.2) is 0 Å². The van der Waals surface area contributed by atoms with Crippen LogP contribution in [0, 0.1) is 5.82 Å². The molecule has 4 rings (SSSR count). The van der Waals surface area contributed by atoms with Crippen molar-refractivity contribution in [2.75, 3.05) is 31.1 Å². The zero-order valence-electron chi connectivity index (χ0n) is 15.2. The number of piperazine rings is 1. The number of hydrogen-bond donors (Lipinski definition) is 1. The topological polar surface area (TPSA) is 93.2 Å². The molecule has 3 aromatic rings. The van der Waals surface area contributed by atoms with Crippen LogP contribution in [0.2, 0.25) is 0 Å². The van der Waals surface area contributed by atoms with Gasteiger partial charge in [0, 0.05) is 38.9 Å². The minimum absolute atomic E-state index is 0.332. The molecule has 9 heteroatoms. The number of hydrogen-bond acceptors (Lipinski definition) is 6. The van der Waals surface area contributed by atoms with E-state index in [1.807, 2.05) is 6.07 Å². The lowest BCUT2D eigenvalue weighted by Crippen LogP contribution is -2.46. The van der Waals surface area contributed by atoms with E-state index in [0.29, 0.717) is 23.6 Å². The fourth-order valence-electron chi connectivity index (χ4n) is 3.38. The molecular weight excluding hydrogens is 361 g/mol. The highest BCUT2D eigenvalue weighted by Gasteiger charge is 2.22. The first kappa shape index (κ1) is 18.1. The average molecular weight is 381 g/mol. The first-order chi connectivity index (χ1) is 13.6. The number of amides is 1. The number of carbonyl (C=O) groups is 1. The third-order valence-corrected chi connectivity index (χ3v) is 4.81. The Kier molecular flexibility index (Phi) is 4.98. The molecule has 1 aliphatic heterocycles. The first-order valence-corrected chi connectivity index (χ1v) is 8.97.